The lowest BCUT2D eigenvalue weighted by molar-refractivity contribution is -0.683. The zero-order valence-electron chi connectivity index (χ0n) is 7.76. The molecule has 2 rings (SSSR count). The van der Waals surface area contributed by atoms with E-state index in [1.54, 1.807) is 11.3 Å². The molecule has 0 atom stereocenters. The fraction of sp³-hybridized carbons (Fsp3) is 0.0909. The van der Waals surface area contributed by atoms with Crippen molar-refractivity contribution in [2.24, 2.45) is 4.99 Å². The molecule has 1 aromatic heterocycles. The molecule has 0 bridgehead atoms. The van der Waals surface area contributed by atoms with Gasteiger partial charge in [0, 0.05) is 5.56 Å². The molecule has 70 valence electrons. The minimum absolute atomic E-state index is 0.918. The van der Waals surface area contributed by atoms with E-state index in [2.05, 4.69) is 45.5 Å². The van der Waals surface area contributed by atoms with Crippen LogP contribution in [0, 0.1) is 0 Å². The summed E-state index contributed by atoms with van der Waals surface area (Å²) in [4.78, 5) is 3.85. The second-order valence-electron chi connectivity index (χ2n) is 3.02. The van der Waals surface area contributed by atoms with Crippen LogP contribution in [0.25, 0.3) is 0 Å². The Morgan fingerprint density at radius 2 is 2.07 bits per heavy atom. The molecule has 3 heteroatoms. The first-order chi connectivity index (χ1) is 6.88. The molecule has 14 heavy (non-hydrogen) atoms. The Labute approximate surface area is 87.2 Å². The Hall–Kier alpha value is -1.48. The Morgan fingerprint density at radius 1 is 1.29 bits per heavy atom. The average molecular weight is 203 g/mol. The highest BCUT2D eigenvalue weighted by molar-refractivity contribution is 7.07. The van der Waals surface area contributed by atoms with E-state index in [9.17, 15) is 0 Å². The van der Waals surface area contributed by atoms with Crippen LogP contribution in [0.2, 0.25) is 0 Å². The van der Waals surface area contributed by atoms with Gasteiger partial charge in [0.1, 0.15) is 0 Å². The van der Waals surface area contributed by atoms with Gasteiger partial charge in [-0.05, 0) is 18.9 Å². The van der Waals surface area contributed by atoms with Crippen molar-refractivity contribution in [2.45, 2.75) is 6.54 Å². The topological polar surface area (TPSA) is 16.2 Å². The number of hydrogen-bond donors (Lipinski definition) is 0. The third-order valence-corrected chi connectivity index (χ3v) is 2.68. The van der Waals surface area contributed by atoms with Crippen molar-refractivity contribution in [3.63, 3.8) is 0 Å². The first-order valence-corrected chi connectivity index (χ1v) is 5.29. The second kappa shape index (κ2) is 4.15. The minimum Gasteiger partial charge on any atom is -0.265 e. The minimum atomic E-state index is 0.918. The summed E-state index contributed by atoms with van der Waals surface area (Å²) in [6.07, 6.45) is 2.07. The molecule has 0 unspecified atom stereocenters. The van der Waals surface area contributed by atoms with Gasteiger partial charge in [-0.3, -0.25) is 4.99 Å². The summed E-state index contributed by atoms with van der Waals surface area (Å²) in [7, 11) is 0. The van der Waals surface area contributed by atoms with Gasteiger partial charge in [0.25, 0.3) is 0 Å². The maximum absolute atomic E-state index is 3.85. The SMILES string of the molecule is C=Nc1ccc(C[n+]2ccsc2)cc1. The monoisotopic (exact) mass is 203 g/mol. The molecule has 0 spiro atoms. The zero-order chi connectivity index (χ0) is 9.80. The molecule has 0 saturated heterocycles. The molecule has 0 saturated carbocycles. The smallest absolute Gasteiger partial charge is 0.224 e. The van der Waals surface area contributed by atoms with Crippen LogP contribution in [0.4, 0.5) is 5.69 Å². The predicted octanol–water partition coefficient (Wildman–Crippen LogP) is 2.42. The highest BCUT2D eigenvalue weighted by Gasteiger charge is 2.01. The Bertz CT molecular complexity index is 403. The number of aliphatic imine (C=N–C) groups is 1. The quantitative estimate of drug-likeness (QED) is 0.538. The molecule has 0 aliphatic rings. The molecule has 0 radical (unpaired) electrons. The molecular formula is C11H11N2S+. The van der Waals surface area contributed by atoms with Crippen LogP contribution in [0.1, 0.15) is 5.56 Å². The van der Waals surface area contributed by atoms with Crippen LogP contribution in [-0.4, -0.2) is 6.72 Å². The van der Waals surface area contributed by atoms with Crippen molar-refractivity contribution >= 4 is 23.7 Å². The molecule has 1 aromatic carbocycles. The van der Waals surface area contributed by atoms with Crippen LogP contribution in [0.5, 0.6) is 0 Å². The highest BCUT2D eigenvalue weighted by atomic mass is 32.1. The first-order valence-electron chi connectivity index (χ1n) is 4.35. The van der Waals surface area contributed by atoms with Crippen molar-refractivity contribution in [2.75, 3.05) is 0 Å². The molecule has 2 nitrogen and oxygen atoms in total. The van der Waals surface area contributed by atoms with Crippen molar-refractivity contribution in [1.82, 2.24) is 0 Å². The number of hydrogen-bond acceptors (Lipinski definition) is 2. The summed E-state index contributed by atoms with van der Waals surface area (Å²) in [5, 5.41) is 2.07. The fourth-order valence-corrected chi connectivity index (χ4v) is 1.87. The van der Waals surface area contributed by atoms with Crippen LogP contribution in [0.3, 0.4) is 0 Å². The third-order valence-electron chi connectivity index (χ3n) is 2.01. The molecule has 1 heterocycles. The third kappa shape index (κ3) is 2.06. The number of benzene rings is 1. The van der Waals surface area contributed by atoms with Gasteiger partial charge in [-0.15, -0.1) is 0 Å². The number of thiazole rings is 1. The second-order valence-corrected chi connectivity index (χ2v) is 3.78. The fourth-order valence-electron chi connectivity index (χ4n) is 1.27. The Kier molecular flexibility index (Phi) is 2.70. The van der Waals surface area contributed by atoms with Gasteiger partial charge in [0.15, 0.2) is 12.7 Å². The number of nitrogens with zero attached hydrogens (tertiary/aromatic N) is 2. The van der Waals surface area contributed by atoms with E-state index >= 15 is 0 Å². The lowest BCUT2D eigenvalue weighted by atomic mass is 10.2. The maximum Gasteiger partial charge on any atom is 0.224 e. The lowest BCUT2D eigenvalue weighted by Gasteiger charge is -1.95. The van der Waals surface area contributed by atoms with Gasteiger partial charge in [0.05, 0.1) is 11.1 Å². The largest absolute Gasteiger partial charge is 0.265 e. The Morgan fingerprint density at radius 3 is 2.64 bits per heavy atom. The average Bonchev–Trinajstić information content (AvgIpc) is 2.72. The maximum atomic E-state index is 3.85. The van der Waals surface area contributed by atoms with E-state index in [0.717, 1.165) is 12.2 Å². The van der Waals surface area contributed by atoms with E-state index in [1.165, 1.54) is 5.56 Å². The molecular weight excluding hydrogens is 192 g/mol. The zero-order valence-corrected chi connectivity index (χ0v) is 8.57. The van der Waals surface area contributed by atoms with E-state index in [0.29, 0.717) is 0 Å². The highest BCUT2D eigenvalue weighted by Crippen LogP contribution is 2.11. The molecule has 2 aromatic rings. The summed E-state index contributed by atoms with van der Waals surface area (Å²) < 4.78 is 2.15. The van der Waals surface area contributed by atoms with Crippen molar-refractivity contribution in [3.8, 4) is 0 Å². The normalized spacial score (nSPS) is 10.0. The van der Waals surface area contributed by atoms with Crippen molar-refractivity contribution in [1.29, 1.82) is 0 Å². The van der Waals surface area contributed by atoms with Crippen LogP contribution in [0.15, 0.2) is 46.3 Å². The summed E-state index contributed by atoms with van der Waals surface area (Å²) in [5.74, 6) is 0. The molecule has 0 amide bonds. The predicted molar refractivity (Wildman–Crippen MR) is 59.3 cm³/mol. The van der Waals surface area contributed by atoms with Gasteiger partial charge in [-0.25, -0.2) is 0 Å². The van der Waals surface area contributed by atoms with Gasteiger partial charge in [-0.1, -0.05) is 23.5 Å². The van der Waals surface area contributed by atoms with Gasteiger partial charge in [0.2, 0.25) is 5.51 Å². The number of rotatable bonds is 3. The van der Waals surface area contributed by atoms with Crippen LogP contribution >= 0.6 is 11.3 Å². The molecule has 0 aliphatic heterocycles. The standard InChI is InChI=1S/C11H11N2S/c1-12-11-4-2-10(3-5-11)8-13-6-7-14-9-13/h2-7,9H,1,8H2/q+1. The van der Waals surface area contributed by atoms with E-state index in [-0.39, 0.29) is 0 Å². The van der Waals surface area contributed by atoms with E-state index in [4.69, 9.17) is 0 Å². The van der Waals surface area contributed by atoms with Crippen molar-refractivity contribution in [3.05, 3.63) is 46.9 Å². The summed E-state index contributed by atoms with van der Waals surface area (Å²) in [5.41, 5.74) is 4.30. The number of aromatic nitrogens is 1. The van der Waals surface area contributed by atoms with Crippen molar-refractivity contribution < 1.29 is 4.57 Å². The van der Waals surface area contributed by atoms with Gasteiger partial charge >= 0.3 is 0 Å². The molecule has 0 fully saturated rings. The van der Waals surface area contributed by atoms with Crippen LogP contribution < -0.4 is 4.57 Å². The summed E-state index contributed by atoms with van der Waals surface area (Å²) in [6.45, 7) is 4.40. The lowest BCUT2D eigenvalue weighted by Crippen LogP contribution is -2.30. The Balaban J connectivity index is 2.14. The molecule has 0 N–H and O–H groups in total. The van der Waals surface area contributed by atoms with Gasteiger partial charge in [-0.2, -0.15) is 4.57 Å². The summed E-state index contributed by atoms with van der Waals surface area (Å²) in [6, 6.07) is 8.12. The first kappa shape index (κ1) is 9.09. The molecule has 0 aliphatic carbocycles. The summed E-state index contributed by atoms with van der Waals surface area (Å²) >= 11 is 1.70. The van der Waals surface area contributed by atoms with E-state index < -0.39 is 0 Å². The van der Waals surface area contributed by atoms with Crippen LogP contribution in [-0.2, 0) is 6.54 Å². The van der Waals surface area contributed by atoms with Gasteiger partial charge < -0.3 is 0 Å². The van der Waals surface area contributed by atoms with E-state index in [1.807, 2.05) is 12.1 Å².